The van der Waals surface area contributed by atoms with Gasteiger partial charge in [0.25, 0.3) is 5.79 Å². The Labute approximate surface area is 247 Å². The molecule has 4 aromatic carbocycles. The molecule has 1 unspecified atom stereocenters. The number of carbonyl (C=O) groups is 4. The molecule has 1 heterocycles. The van der Waals surface area contributed by atoms with Crippen LogP contribution in [0.2, 0.25) is 0 Å². The van der Waals surface area contributed by atoms with E-state index in [2.05, 4.69) is 0 Å². The van der Waals surface area contributed by atoms with Crippen molar-refractivity contribution in [3.8, 4) is 0 Å². The lowest BCUT2D eigenvalue weighted by atomic mass is 9.61. The van der Waals surface area contributed by atoms with Gasteiger partial charge in [0, 0.05) is 16.7 Å². The molecular weight excluding hydrogens is 552 g/mol. The minimum atomic E-state index is -3.74. The van der Waals surface area contributed by atoms with E-state index in [0.717, 1.165) is 0 Å². The number of aliphatic hydroxyl groups is 3. The van der Waals surface area contributed by atoms with E-state index in [4.69, 9.17) is 9.47 Å². The van der Waals surface area contributed by atoms with Crippen LogP contribution in [0.25, 0.3) is 0 Å². The van der Waals surface area contributed by atoms with Gasteiger partial charge in [-0.15, -0.1) is 0 Å². The summed E-state index contributed by atoms with van der Waals surface area (Å²) < 4.78 is 11.4. The maximum absolute atomic E-state index is 14.4. The molecule has 0 saturated carbocycles. The summed E-state index contributed by atoms with van der Waals surface area (Å²) in [6, 6.07) is 29.0. The van der Waals surface area contributed by atoms with Crippen molar-refractivity contribution < 1.29 is 44.0 Å². The van der Waals surface area contributed by atoms with Crippen LogP contribution in [0.5, 0.6) is 0 Å². The molecule has 0 bridgehead atoms. The molecule has 0 radical (unpaired) electrons. The Bertz CT molecular complexity index is 1640. The molecule has 5 rings (SSSR count). The second-order valence-electron chi connectivity index (χ2n) is 10.2. The van der Waals surface area contributed by atoms with Crippen LogP contribution in [0.4, 0.5) is 0 Å². The van der Waals surface area contributed by atoms with Gasteiger partial charge in [-0.05, 0) is 19.1 Å². The normalized spacial score (nSPS) is 26.7. The Morgan fingerprint density at radius 2 is 0.953 bits per heavy atom. The largest absolute Gasteiger partial charge is 0.452 e. The lowest BCUT2D eigenvalue weighted by molar-refractivity contribution is -0.355. The number of carbonyl (C=O) groups excluding carboxylic acids is 4. The number of hydrogen-bond acceptors (Lipinski definition) is 9. The fraction of sp³-hybridized carbons (Fsp3) is 0.176. The maximum Gasteiger partial charge on any atom is 0.338 e. The van der Waals surface area contributed by atoms with E-state index < -0.39 is 52.5 Å². The maximum atomic E-state index is 14.4. The monoisotopic (exact) mass is 580 g/mol. The van der Waals surface area contributed by atoms with Gasteiger partial charge in [0.1, 0.15) is 0 Å². The molecular formula is C34H28O9. The van der Waals surface area contributed by atoms with Crippen LogP contribution in [0.1, 0.15) is 48.4 Å². The van der Waals surface area contributed by atoms with Crippen molar-refractivity contribution in [3.05, 3.63) is 144 Å². The van der Waals surface area contributed by atoms with E-state index in [0.29, 0.717) is 0 Å². The van der Waals surface area contributed by atoms with Gasteiger partial charge in [-0.1, -0.05) is 109 Å². The first-order valence-electron chi connectivity index (χ1n) is 13.5. The predicted octanol–water partition coefficient (Wildman–Crippen LogP) is 3.43. The first kappa shape index (κ1) is 29.7. The van der Waals surface area contributed by atoms with Gasteiger partial charge in [-0.2, -0.15) is 0 Å². The van der Waals surface area contributed by atoms with Gasteiger partial charge < -0.3 is 24.8 Å². The summed E-state index contributed by atoms with van der Waals surface area (Å²) in [5.74, 6) is -8.57. The van der Waals surface area contributed by atoms with Crippen LogP contribution in [0.15, 0.2) is 121 Å². The van der Waals surface area contributed by atoms with Crippen molar-refractivity contribution in [2.75, 3.05) is 0 Å². The summed E-state index contributed by atoms with van der Waals surface area (Å²) in [5.41, 5.74) is -7.82. The molecule has 9 heteroatoms. The number of Topliss-reactive ketones (excluding diaryl/α,β-unsaturated/α-hetero) is 3. The van der Waals surface area contributed by atoms with Crippen LogP contribution in [0, 0.1) is 0 Å². The zero-order valence-electron chi connectivity index (χ0n) is 23.0. The zero-order valence-corrected chi connectivity index (χ0v) is 23.0. The summed E-state index contributed by atoms with van der Waals surface area (Å²) in [5, 5.41) is 37.3. The molecule has 1 saturated heterocycles. The first-order valence-corrected chi connectivity index (χ1v) is 13.5. The Morgan fingerprint density at radius 1 is 0.581 bits per heavy atom. The molecule has 1 fully saturated rings. The highest BCUT2D eigenvalue weighted by Crippen LogP contribution is 2.49. The molecule has 4 aromatic rings. The zero-order chi connectivity index (χ0) is 30.8. The topological polar surface area (TPSA) is 147 Å². The van der Waals surface area contributed by atoms with Gasteiger partial charge in [-0.3, -0.25) is 14.4 Å². The minimum absolute atomic E-state index is 0.0309. The Hall–Kier alpha value is -4.80. The summed E-state index contributed by atoms with van der Waals surface area (Å²) in [6.45, 7) is 1.24. The lowest BCUT2D eigenvalue weighted by Gasteiger charge is -2.56. The van der Waals surface area contributed by atoms with E-state index >= 15 is 0 Å². The van der Waals surface area contributed by atoms with Crippen LogP contribution in [-0.4, -0.2) is 67.8 Å². The van der Waals surface area contributed by atoms with Crippen LogP contribution in [0.3, 0.4) is 0 Å². The molecule has 3 N–H and O–H groups in total. The van der Waals surface area contributed by atoms with E-state index in [1.807, 2.05) is 0 Å². The Balaban J connectivity index is 1.78. The third-order valence-electron chi connectivity index (χ3n) is 7.57. The molecule has 5 atom stereocenters. The summed E-state index contributed by atoms with van der Waals surface area (Å²) in [6.07, 6.45) is -3.69. The van der Waals surface area contributed by atoms with Crippen molar-refractivity contribution >= 4 is 23.3 Å². The molecule has 0 amide bonds. The smallest absolute Gasteiger partial charge is 0.338 e. The predicted molar refractivity (Wildman–Crippen MR) is 153 cm³/mol. The van der Waals surface area contributed by atoms with Crippen LogP contribution < -0.4 is 0 Å². The number of benzene rings is 4. The van der Waals surface area contributed by atoms with Crippen LogP contribution >= 0.6 is 0 Å². The van der Waals surface area contributed by atoms with Crippen molar-refractivity contribution in [2.24, 2.45) is 0 Å². The summed E-state index contributed by atoms with van der Waals surface area (Å²) >= 11 is 0. The Morgan fingerprint density at radius 3 is 1.40 bits per heavy atom. The van der Waals surface area contributed by atoms with Gasteiger partial charge >= 0.3 is 5.97 Å². The average Bonchev–Trinajstić information content (AvgIpc) is 3.06. The Kier molecular flexibility index (Phi) is 7.92. The van der Waals surface area contributed by atoms with Gasteiger partial charge in [0.2, 0.25) is 28.6 Å². The molecule has 9 nitrogen and oxygen atoms in total. The number of esters is 1. The number of ketones is 3. The van der Waals surface area contributed by atoms with Gasteiger partial charge in [-0.25, -0.2) is 4.79 Å². The van der Waals surface area contributed by atoms with Gasteiger partial charge in [0.05, 0.1) is 11.7 Å². The van der Waals surface area contributed by atoms with E-state index in [-0.39, 0.29) is 22.3 Å². The van der Waals surface area contributed by atoms with Crippen LogP contribution in [-0.2, 0) is 9.47 Å². The minimum Gasteiger partial charge on any atom is -0.452 e. The molecule has 43 heavy (non-hydrogen) atoms. The van der Waals surface area contributed by atoms with Crippen molar-refractivity contribution in [2.45, 2.75) is 36.1 Å². The molecule has 1 aliphatic heterocycles. The molecule has 1 aliphatic rings. The molecule has 0 aromatic heterocycles. The first-order chi connectivity index (χ1) is 20.6. The molecule has 0 spiro atoms. The number of rotatable bonds is 8. The van der Waals surface area contributed by atoms with E-state index in [9.17, 15) is 34.5 Å². The van der Waals surface area contributed by atoms with E-state index in [1.54, 1.807) is 36.4 Å². The highest BCUT2D eigenvalue weighted by Gasteiger charge is 2.80. The standard InChI is InChI=1S/C34H28O9/c1-22-30(42-31(38)26-20-12-5-13-21-26)32(39,27(35)23-14-6-2-7-15-23)33(40,28(36)24-16-8-3-9-17-24)34(41,43-22)29(37)25-18-10-4-11-19-25/h2-22,30,39-41H,1H3/t22-,30+,32+,33-,34?/m0/s1. The number of ether oxygens (including phenoxy) is 2. The second-order valence-corrected chi connectivity index (χ2v) is 10.2. The fourth-order valence-electron chi connectivity index (χ4n) is 5.39. The third kappa shape index (κ3) is 4.78. The third-order valence-corrected chi connectivity index (χ3v) is 7.57. The summed E-state index contributed by atoms with van der Waals surface area (Å²) in [4.78, 5) is 56.0. The molecule has 0 aliphatic carbocycles. The summed E-state index contributed by atoms with van der Waals surface area (Å²) in [7, 11) is 0. The van der Waals surface area contributed by atoms with Gasteiger partial charge in [0.15, 0.2) is 6.10 Å². The quantitative estimate of drug-likeness (QED) is 0.211. The van der Waals surface area contributed by atoms with E-state index in [1.165, 1.54) is 91.9 Å². The van der Waals surface area contributed by atoms with Crippen molar-refractivity contribution in [3.63, 3.8) is 0 Å². The SMILES string of the molecule is C[C@@H]1OC(O)(C(=O)c2ccccc2)[C@](O)(C(=O)c2ccccc2)[C@@](O)(C(=O)c2ccccc2)[C@@H]1OC(=O)c1ccccc1. The average molecular weight is 581 g/mol. The number of hydrogen-bond donors (Lipinski definition) is 3. The van der Waals surface area contributed by atoms with Crippen molar-refractivity contribution in [1.82, 2.24) is 0 Å². The molecule has 218 valence electrons. The fourth-order valence-corrected chi connectivity index (χ4v) is 5.39. The second kappa shape index (κ2) is 11.5. The highest BCUT2D eigenvalue weighted by atomic mass is 16.7. The lowest BCUT2D eigenvalue weighted by Crippen LogP contribution is -2.85. The highest BCUT2D eigenvalue weighted by molar-refractivity contribution is 6.18. The van der Waals surface area contributed by atoms with Crippen molar-refractivity contribution in [1.29, 1.82) is 0 Å².